The number of carbonyl (C=O) groups excluding carboxylic acids is 1. The number of nitrogens with zero attached hydrogens (tertiary/aromatic N) is 1. The molecule has 10 heteroatoms. The van der Waals surface area contributed by atoms with Gasteiger partial charge in [-0.1, -0.05) is 0 Å². The summed E-state index contributed by atoms with van der Waals surface area (Å²) in [5, 5.41) is 0. The van der Waals surface area contributed by atoms with Gasteiger partial charge in [0.05, 0.1) is 6.26 Å². The molecule has 1 atom stereocenters. The van der Waals surface area contributed by atoms with Gasteiger partial charge in [-0.15, -0.1) is 0 Å². The van der Waals surface area contributed by atoms with E-state index in [1.165, 1.54) is 0 Å². The maximum atomic E-state index is 11.8. The molecule has 1 unspecified atom stereocenters. The molecule has 1 N–H and O–H groups in total. The van der Waals surface area contributed by atoms with Crippen LogP contribution in [-0.2, 0) is 19.7 Å². The van der Waals surface area contributed by atoms with Crippen LogP contribution in [0.15, 0.2) is 0 Å². The first-order chi connectivity index (χ1) is 8.11. The number of hydrogen-bond acceptors (Lipinski definition) is 4. The summed E-state index contributed by atoms with van der Waals surface area (Å²) in [6, 6.07) is -1.01. The number of alkyl halides is 3. The van der Waals surface area contributed by atoms with Gasteiger partial charge < -0.3 is 0 Å². The molecule has 0 aromatic heterocycles. The lowest BCUT2D eigenvalue weighted by atomic mass is 10.2. The summed E-state index contributed by atoms with van der Waals surface area (Å²) in [7, 11) is -3.56. The van der Waals surface area contributed by atoms with Gasteiger partial charge in [0.1, 0.15) is 6.04 Å². The first-order valence-electron chi connectivity index (χ1n) is 5.06. The van der Waals surface area contributed by atoms with Crippen LogP contribution >= 0.6 is 0 Å². The van der Waals surface area contributed by atoms with Gasteiger partial charge in [0.2, 0.25) is 10.0 Å². The monoisotopic (exact) mass is 290 g/mol. The smallest absolute Gasteiger partial charge is 0.271 e. The fraction of sp³-hybridized carbons (Fsp3) is 0.875. The predicted molar refractivity (Wildman–Crippen MR) is 54.7 cm³/mol. The molecular weight excluding hydrogens is 277 g/mol. The third-order valence-electron chi connectivity index (χ3n) is 2.34. The van der Waals surface area contributed by atoms with E-state index in [0.717, 1.165) is 10.6 Å². The highest BCUT2D eigenvalue weighted by Crippen LogP contribution is 2.20. The molecule has 6 nitrogen and oxygen atoms in total. The highest BCUT2D eigenvalue weighted by Gasteiger charge is 2.37. The lowest BCUT2D eigenvalue weighted by Crippen LogP contribution is -2.46. The SMILES string of the molecule is CS(=O)(=O)N1CCCC1C(=O)NOCC(F)(F)F. The lowest BCUT2D eigenvalue weighted by molar-refractivity contribution is -0.192. The van der Waals surface area contributed by atoms with Crippen molar-refractivity contribution in [3.8, 4) is 0 Å². The molecule has 0 aromatic rings. The van der Waals surface area contributed by atoms with Crippen LogP contribution in [0.1, 0.15) is 12.8 Å². The Morgan fingerprint density at radius 3 is 2.61 bits per heavy atom. The fourth-order valence-corrected chi connectivity index (χ4v) is 2.78. The van der Waals surface area contributed by atoms with E-state index in [1.807, 2.05) is 0 Å². The second-order valence-corrected chi connectivity index (χ2v) is 5.84. The molecule has 1 rings (SSSR count). The van der Waals surface area contributed by atoms with E-state index in [4.69, 9.17) is 0 Å². The van der Waals surface area contributed by atoms with E-state index in [2.05, 4.69) is 4.84 Å². The van der Waals surface area contributed by atoms with Gasteiger partial charge in [0, 0.05) is 6.54 Å². The molecule has 106 valence electrons. The Bertz CT molecular complexity index is 409. The Balaban J connectivity index is 2.52. The zero-order valence-electron chi connectivity index (χ0n) is 9.53. The van der Waals surface area contributed by atoms with Crippen molar-refractivity contribution in [1.29, 1.82) is 0 Å². The molecule has 1 aliphatic rings. The molecule has 1 amide bonds. The molecule has 0 aliphatic carbocycles. The van der Waals surface area contributed by atoms with Crippen LogP contribution in [0.2, 0.25) is 0 Å². The van der Waals surface area contributed by atoms with E-state index in [-0.39, 0.29) is 13.0 Å². The van der Waals surface area contributed by atoms with Crippen molar-refractivity contribution >= 4 is 15.9 Å². The van der Waals surface area contributed by atoms with Crippen molar-refractivity contribution < 1.29 is 31.2 Å². The van der Waals surface area contributed by atoms with Crippen LogP contribution in [0.25, 0.3) is 0 Å². The molecule has 1 saturated heterocycles. The van der Waals surface area contributed by atoms with Gasteiger partial charge in [0.25, 0.3) is 5.91 Å². The molecule has 1 fully saturated rings. The molecule has 0 saturated carbocycles. The number of sulfonamides is 1. The average molecular weight is 290 g/mol. The fourth-order valence-electron chi connectivity index (χ4n) is 1.66. The van der Waals surface area contributed by atoms with Crippen molar-refractivity contribution in [1.82, 2.24) is 9.79 Å². The second kappa shape index (κ2) is 5.41. The molecule has 0 radical (unpaired) electrons. The number of rotatable bonds is 4. The lowest BCUT2D eigenvalue weighted by Gasteiger charge is -2.21. The van der Waals surface area contributed by atoms with Gasteiger partial charge >= 0.3 is 6.18 Å². The Morgan fingerprint density at radius 2 is 2.11 bits per heavy atom. The number of carbonyl (C=O) groups is 1. The van der Waals surface area contributed by atoms with Crippen LogP contribution < -0.4 is 5.48 Å². The minimum absolute atomic E-state index is 0.177. The van der Waals surface area contributed by atoms with Gasteiger partial charge in [0.15, 0.2) is 6.61 Å². The highest BCUT2D eigenvalue weighted by molar-refractivity contribution is 7.88. The van der Waals surface area contributed by atoms with Crippen molar-refractivity contribution in [3.05, 3.63) is 0 Å². The van der Waals surface area contributed by atoms with Gasteiger partial charge in [-0.3, -0.25) is 9.63 Å². The quantitative estimate of drug-likeness (QED) is 0.741. The summed E-state index contributed by atoms with van der Waals surface area (Å²) >= 11 is 0. The second-order valence-electron chi connectivity index (χ2n) is 3.90. The van der Waals surface area contributed by atoms with E-state index < -0.39 is 34.8 Å². The summed E-state index contributed by atoms with van der Waals surface area (Å²) in [5.74, 6) is -0.887. The summed E-state index contributed by atoms with van der Waals surface area (Å²) in [6.45, 7) is -1.44. The topological polar surface area (TPSA) is 75.7 Å². The van der Waals surface area contributed by atoms with Crippen molar-refractivity contribution in [2.45, 2.75) is 25.1 Å². The van der Waals surface area contributed by atoms with E-state index >= 15 is 0 Å². The number of hydrogen-bond donors (Lipinski definition) is 1. The third-order valence-corrected chi connectivity index (χ3v) is 3.63. The van der Waals surface area contributed by atoms with Crippen LogP contribution in [0.3, 0.4) is 0 Å². The highest BCUT2D eigenvalue weighted by atomic mass is 32.2. The van der Waals surface area contributed by atoms with E-state index in [9.17, 15) is 26.4 Å². The molecular formula is C8H13F3N2O4S. The first kappa shape index (κ1) is 15.2. The molecule has 1 aliphatic heterocycles. The summed E-state index contributed by atoms with van der Waals surface area (Å²) in [4.78, 5) is 15.5. The molecule has 0 spiro atoms. The minimum atomic E-state index is -4.56. The minimum Gasteiger partial charge on any atom is -0.271 e. The van der Waals surface area contributed by atoms with Crippen LogP contribution in [0.4, 0.5) is 13.2 Å². The van der Waals surface area contributed by atoms with Gasteiger partial charge in [-0.2, -0.15) is 17.5 Å². The zero-order chi connectivity index (χ0) is 14.0. The van der Waals surface area contributed by atoms with Crippen LogP contribution in [0.5, 0.6) is 0 Å². The Morgan fingerprint density at radius 1 is 1.50 bits per heavy atom. The maximum Gasteiger partial charge on any atom is 0.414 e. The Labute approximate surface area is 102 Å². The number of hydroxylamine groups is 1. The van der Waals surface area contributed by atoms with Gasteiger partial charge in [-0.25, -0.2) is 13.9 Å². The maximum absolute atomic E-state index is 11.8. The standard InChI is InChI=1S/C8H13F3N2O4S/c1-18(15,16)13-4-2-3-6(13)7(14)12-17-5-8(9,10)11/h6H,2-5H2,1H3,(H,12,14). The number of nitrogens with one attached hydrogen (secondary N) is 1. The molecule has 1 heterocycles. The summed E-state index contributed by atoms with van der Waals surface area (Å²) in [6.07, 6.45) is -2.88. The third kappa shape index (κ3) is 4.42. The van der Waals surface area contributed by atoms with Crippen LogP contribution in [0, 0.1) is 0 Å². The molecule has 0 bridgehead atoms. The van der Waals surface area contributed by atoms with E-state index in [0.29, 0.717) is 6.42 Å². The Kier molecular flexibility index (Phi) is 4.56. The molecule has 0 aromatic carbocycles. The molecule has 18 heavy (non-hydrogen) atoms. The summed E-state index contributed by atoms with van der Waals surface area (Å²) < 4.78 is 58.9. The van der Waals surface area contributed by atoms with Crippen molar-refractivity contribution in [2.75, 3.05) is 19.4 Å². The normalized spacial score (nSPS) is 22.1. The van der Waals surface area contributed by atoms with Crippen molar-refractivity contribution in [2.24, 2.45) is 0 Å². The first-order valence-corrected chi connectivity index (χ1v) is 6.91. The average Bonchev–Trinajstić information content (AvgIpc) is 2.62. The zero-order valence-corrected chi connectivity index (χ0v) is 10.3. The Hall–Kier alpha value is -0.870. The number of halogens is 3. The largest absolute Gasteiger partial charge is 0.414 e. The van der Waals surface area contributed by atoms with E-state index in [1.54, 1.807) is 5.48 Å². The van der Waals surface area contributed by atoms with Gasteiger partial charge in [-0.05, 0) is 12.8 Å². The van der Waals surface area contributed by atoms with Crippen LogP contribution in [-0.4, -0.2) is 50.3 Å². The summed E-state index contributed by atoms with van der Waals surface area (Å²) in [5.41, 5.74) is 1.62. The van der Waals surface area contributed by atoms with Crippen molar-refractivity contribution in [3.63, 3.8) is 0 Å². The number of amides is 1. The predicted octanol–water partition coefficient (Wildman–Crippen LogP) is 0.0205.